The van der Waals surface area contributed by atoms with Crippen LogP contribution in [0, 0.1) is 18.3 Å². The fraction of sp³-hybridized carbons (Fsp3) is 0.0714. The standard InChI is InChI=1S/C14H11N5O2S2/c1-10-16-14(18-23(20,21)13-3-2-8-22-13)19(17-10)12-6-4-11(9-15)5-7-12/h2-8H,1H3,(H,16,17,18). The minimum absolute atomic E-state index is 0.0978. The van der Waals surface area contributed by atoms with Gasteiger partial charge in [-0.3, -0.25) is 0 Å². The molecule has 7 nitrogen and oxygen atoms in total. The summed E-state index contributed by atoms with van der Waals surface area (Å²) in [4.78, 5) is 4.13. The number of hydrogen-bond donors (Lipinski definition) is 1. The first-order valence-electron chi connectivity index (χ1n) is 6.50. The van der Waals surface area contributed by atoms with Crippen LogP contribution in [0.25, 0.3) is 5.69 Å². The van der Waals surface area contributed by atoms with Gasteiger partial charge >= 0.3 is 0 Å². The molecule has 0 radical (unpaired) electrons. The molecule has 0 fully saturated rings. The third-order valence-electron chi connectivity index (χ3n) is 2.94. The van der Waals surface area contributed by atoms with E-state index >= 15 is 0 Å². The van der Waals surface area contributed by atoms with Crippen LogP contribution in [0.3, 0.4) is 0 Å². The predicted molar refractivity (Wildman–Crippen MR) is 85.9 cm³/mol. The van der Waals surface area contributed by atoms with Gasteiger partial charge in [0, 0.05) is 0 Å². The van der Waals surface area contributed by atoms with Gasteiger partial charge in [0.15, 0.2) is 0 Å². The summed E-state index contributed by atoms with van der Waals surface area (Å²) in [6.45, 7) is 1.67. The van der Waals surface area contributed by atoms with Crippen molar-refractivity contribution in [3.8, 4) is 11.8 Å². The molecule has 0 aliphatic carbocycles. The largest absolute Gasteiger partial charge is 0.273 e. The quantitative estimate of drug-likeness (QED) is 0.782. The maximum Gasteiger partial charge on any atom is 0.273 e. The Bertz CT molecular complexity index is 967. The molecule has 23 heavy (non-hydrogen) atoms. The van der Waals surface area contributed by atoms with Crippen molar-refractivity contribution in [1.29, 1.82) is 5.26 Å². The lowest BCUT2D eigenvalue weighted by molar-refractivity contribution is 0.602. The molecular formula is C14H11N5O2S2. The normalized spacial score (nSPS) is 11.1. The van der Waals surface area contributed by atoms with E-state index in [0.717, 1.165) is 11.3 Å². The fourth-order valence-electron chi connectivity index (χ4n) is 1.93. The third kappa shape index (κ3) is 3.08. The van der Waals surface area contributed by atoms with Crippen molar-refractivity contribution in [2.45, 2.75) is 11.1 Å². The first-order chi connectivity index (χ1) is 11.0. The zero-order valence-corrected chi connectivity index (χ0v) is 13.6. The second kappa shape index (κ2) is 5.83. The van der Waals surface area contributed by atoms with Crippen molar-refractivity contribution in [1.82, 2.24) is 14.8 Å². The topological polar surface area (TPSA) is 101 Å². The first kappa shape index (κ1) is 15.2. The Labute approximate surface area is 136 Å². The van der Waals surface area contributed by atoms with Crippen LogP contribution in [-0.2, 0) is 10.0 Å². The molecule has 1 aromatic carbocycles. The van der Waals surface area contributed by atoms with Crippen molar-refractivity contribution in [2.75, 3.05) is 4.72 Å². The molecular weight excluding hydrogens is 334 g/mol. The van der Waals surface area contributed by atoms with Crippen LogP contribution in [0.15, 0.2) is 46.0 Å². The van der Waals surface area contributed by atoms with Crippen LogP contribution in [0.5, 0.6) is 0 Å². The van der Waals surface area contributed by atoms with Gasteiger partial charge in [-0.25, -0.2) is 13.1 Å². The lowest BCUT2D eigenvalue weighted by Gasteiger charge is -2.08. The van der Waals surface area contributed by atoms with Gasteiger partial charge in [0.05, 0.1) is 17.3 Å². The minimum atomic E-state index is -3.71. The second-order valence-corrected chi connectivity index (χ2v) is 7.45. The number of aromatic nitrogens is 3. The molecule has 0 bridgehead atoms. The van der Waals surface area contributed by atoms with Gasteiger partial charge < -0.3 is 0 Å². The number of anilines is 1. The average molecular weight is 345 g/mol. The van der Waals surface area contributed by atoms with Crippen LogP contribution in [0.2, 0.25) is 0 Å². The van der Waals surface area contributed by atoms with Gasteiger partial charge in [0.1, 0.15) is 10.0 Å². The minimum Gasteiger partial charge on any atom is -0.246 e. The van der Waals surface area contributed by atoms with E-state index in [4.69, 9.17) is 5.26 Å². The molecule has 0 unspecified atom stereocenters. The van der Waals surface area contributed by atoms with E-state index in [-0.39, 0.29) is 10.2 Å². The maximum atomic E-state index is 12.3. The van der Waals surface area contributed by atoms with E-state index in [1.54, 1.807) is 42.6 Å². The van der Waals surface area contributed by atoms with Gasteiger partial charge in [0.2, 0.25) is 5.95 Å². The molecule has 0 atom stereocenters. The molecule has 116 valence electrons. The van der Waals surface area contributed by atoms with Gasteiger partial charge in [-0.1, -0.05) is 6.07 Å². The van der Waals surface area contributed by atoms with Crippen molar-refractivity contribution in [2.24, 2.45) is 0 Å². The number of aryl methyl sites for hydroxylation is 1. The van der Waals surface area contributed by atoms with Crippen LogP contribution in [0.4, 0.5) is 5.95 Å². The van der Waals surface area contributed by atoms with E-state index in [2.05, 4.69) is 14.8 Å². The Morgan fingerprint density at radius 2 is 2.00 bits per heavy atom. The number of nitriles is 1. The highest BCUT2D eigenvalue weighted by atomic mass is 32.2. The highest BCUT2D eigenvalue weighted by molar-refractivity contribution is 7.94. The molecule has 3 aromatic rings. The lowest BCUT2D eigenvalue weighted by Crippen LogP contribution is -2.15. The summed E-state index contributed by atoms with van der Waals surface area (Å²) >= 11 is 1.12. The summed E-state index contributed by atoms with van der Waals surface area (Å²) in [5.41, 5.74) is 1.11. The number of hydrogen-bond acceptors (Lipinski definition) is 6. The van der Waals surface area contributed by atoms with Crippen molar-refractivity contribution in [3.63, 3.8) is 0 Å². The zero-order valence-electron chi connectivity index (χ0n) is 12.0. The molecule has 2 aromatic heterocycles. The van der Waals surface area contributed by atoms with Crippen LogP contribution >= 0.6 is 11.3 Å². The van der Waals surface area contributed by atoms with E-state index in [1.807, 2.05) is 6.07 Å². The number of benzene rings is 1. The molecule has 0 aliphatic heterocycles. The Kier molecular flexibility index (Phi) is 3.85. The van der Waals surface area contributed by atoms with Crippen molar-refractivity contribution in [3.05, 3.63) is 53.2 Å². The average Bonchev–Trinajstić information content (AvgIpc) is 3.17. The summed E-state index contributed by atoms with van der Waals surface area (Å²) in [7, 11) is -3.71. The van der Waals surface area contributed by atoms with Crippen LogP contribution < -0.4 is 4.72 Å². The van der Waals surface area contributed by atoms with Gasteiger partial charge in [-0.2, -0.15) is 14.9 Å². The Balaban J connectivity index is 2.00. The molecule has 2 heterocycles. The molecule has 1 N–H and O–H groups in total. The summed E-state index contributed by atoms with van der Waals surface area (Å²) < 4.78 is 28.7. The highest BCUT2D eigenvalue weighted by Crippen LogP contribution is 2.21. The zero-order chi connectivity index (χ0) is 16.4. The maximum absolute atomic E-state index is 12.3. The molecule has 9 heteroatoms. The SMILES string of the molecule is Cc1nc(NS(=O)(=O)c2cccs2)n(-c2ccc(C#N)cc2)n1. The molecule has 0 amide bonds. The summed E-state index contributed by atoms with van der Waals surface area (Å²) in [6, 6.07) is 11.8. The number of rotatable bonds is 4. The van der Waals surface area contributed by atoms with Crippen molar-refractivity contribution < 1.29 is 8.42 Å². The summed E-state index contributed by atoms with van der Waals surface area (Å²) in [6.07, 6.45) is 0. The second-order valence-electron chi connectivity index (χ2n) is 4.59. The number of nitrogens with zero attached hydrogens (tertiary/aromatic N) is 4. The lowest BCUT2D eigenvalue weighted by atomic mass is 10.2. The third-order valence-corrected chi connectivity index (χ3v) is 5.67. The molecule has 0 saturated heterocycles. The molecule has 0 saturated carbocycles. The van der Waals surface area contributed by atoms with Gasteiger partial charge in [0.25, 0.3) is 10.0 Å². The molecule has 0 aliphatic rings. The number of nitrogens with one attached hydrogen (secondary N) is 1. The predicted octanol–water partition coefficient (Wildman–Crippen LogP) is 2.31. The Morgan fingerprint density at radius 3 is 2.61 bits per heavy atom. The van der Waals surface area contributed by atoms with E-state index in [1.165, 1.54) is 10.7 Å². The Morgan fingerprint density at radius 1 is 1.26 bits per heavy atom. The van der Waals surface area contributed by atoms with E-state index in [9.17, 15) is 8.42 Å². The highest BCUT2D eigenvalue weighted by Gasteiger charge is 2.20. The van der Waals surface area contributed by atoms with Crippen LogP contribution in [0.1, 0.15) is 11.4 Å². The first-order valence-corrected chi connectivity index (χ1v) is 8.86. The Hall–Kier alpha value is -2.70. The van der Waals surface area contributed by atoms with Gasteiger partial charge in [-0.05, 0) is 42.6 Å². The summed E-state index contributed by atoms with van der Waals surface area (Å²) in [5, 5.41) is 14.7. The smallest absolute Gasteiger partial charge is 0.246 e. The van der Waals surface area contributed by atoms with Gasteiger partial charge in [-0.15, -0.1) is 16.4 Å². The monoisotopic (exact) mass is 345 g/mol. The molecule has 3 rings (SSSR count). The fourth-order valence-corrected chi connectivity index (χ4v) is 3.90. The number of thiophene rings is 1. The van der Waals surface area contributed by atoms with E-state index in [0.29, 0.717) is 17.1 Å². The van der Waals surface area contributed by atoms with E-state index < -0.39 is 10.0 Å². The van der Waals surface area contributed by atoms with Crippen molar-refractivity contribution >= 4 is 27.3 Å². The van der Waals surface area contributed by atoms with Crippen LogP contribution in [-0.4, -0.2) is 23.2 Å². The summed E-state index contributed by atoms with van der Waals surface area (Å²) in [5.74, 6) is 0.527. The molecule has 0 spiro atoms. The number of sulfonamides is 1.